The van der Waals surface area contributed by atoms with E-state index in [1.807, 2.05) is 6.92 Å². The standard InChI is InChI=1S/C8H14O3/c1-6(8(9)10-2)3-7-4-11-5-7/h6-7H,3-5H2,1-2H3. The van der Waals surface area contributed by atoms with Crippen LogP contribution < -0.4 is 0 Å². The molecule has 64 valence electrons. The minimum Gasteiger partial charge on any atom is -0.469 e. The third kappa shape index (κ3) is 2.19. The van der Waals surface area contributed by atoms with Crippen LogP contribution in [-0.4, -0.2) is 26.3 Å². The summed E-state index contributed by atoms with van der Waals surface area (Å²) in [7, 11) is 1.43. The van der Waals surface area contributed by atoms with Crippen LogP contribution in [0.2, 0.25) is 0 Å². The van der Waals surface area contributed by atoms with Crippen molar-refractivity contribution in [2.45, 2.75) is 13.3 Å². The van der Waals surface area contributed by atoms with Gasteiger partial charge in [-0.3, -0.25) is 4.79 Å². The van der Waals surface area contributed by atoms with Gasteiger partial charge in [-0.05, 0) is 6.42 Å². The van der Waals surface area contributed by atoms with Crippen LogP contribution >= 0.6 is 0 Å². The topological polar surface area (TPSA) is 35.5 Å². The second-order valence-corrected chi connectivity index (χ2v) is 3.06. The largest absolute Gasteiger partial charge is 0.469 e. The van der Waals surface area contributed by atoms with Crippen LogP contribution in [0.15, 0.2) is 0 Å². The lowest BCUT2D eigenvalue weighted by Crippen LogP contribution is -2.31. The Kier molecular flexibility index (Phi) is 2.88. The third-order valence-corrected chi connectivity index (χ3v) is 2.00. The first-order valence-electron chi connectivity index (χ1n) is 3.89. The maximum absolute atomic E-state index is 10.9. The van der Waals surface area contributed by atoms with Crippen molar-refractivity contribution in [2.75, 3.05) is 20.3 Å². The summed E-state index contributed by atoms with van der Waals surface area (Å²) in [5.74, 6) is 0.481. The third-order valence-electron chi connectivity index (χ3n) is 2.00. The molecule has 1 fully saturated rings. The van der Waals surface area contributed by atoms with Gasteiger partial charge in [0.05, 0.1) is 26.2 Å². The molecule has 0 N–H and O–H groups in total. The summed E-state index contributed by atoms with van der Waals surface area (Å²) in [6.07, 6.45) is 0.896. The van der Waals surface area contributed by atoms with E-state index in [-0.39, 0.29) is 11.9 Å². The molecule has 0 spiro atoms. The Labute approximate surface area is 66.7 Å². The highest BCUT2D eigenvalue weighted by molar-refractivity contribution is 5.71. The molecule has 3 nitrogen and oxygen atoms in total. The van der Waals surface area contributed by atoms with Crippen molar-refractivity contribution < 1.29 is 14.3 Å². The van der Waals surface area contributed by atoms with Gasteiger partial charge in [-0.2, -0.15) is 0 Å². The molecule has 1 rings (SSSR count). The van der Waals surface area contributed by atoms with Gasteiger partial charge in [0.2, 0.25) is 0 Å². The van der Waals surface area contributed by atoms with E-state index in [1.54, 1.807) is 0 Å². The summed E-state index contributed by atoms with van der Waals surface area (Å²) in [4.78, 5) is 10.9. The van der Waals surface area contributed by atoms with Crippen LogP contribution in [-0.2, 0) is 14.3 Å². The Hall–Kier alpha value is -0.570. The molecule has 0 aromatic carbocycles. The van der Waals surface area contributed by atoms with E-state index in [0.717, 1.165) is 19.6 Å². The maximum Gasteiger partial charge on any atom is 0.308 e. The molecule has 0 aromatic heterocycles. The predicted molar refractivity (Wildman–Crippen MR) is 40.1 cm³/mol. The smallest absolute Gasteiger partial charge is 0.308 e. The molecule has 1 atom stereocenters. The van der Waals surface area contributed by atoms with Gasteiger partial charge in [-0.15, -0.1) is 0 Å². The highest BCUT2D eigenvalue weighted by Crippen LogP contribution is 2.20. The van der Waals surface area contributed by atoms with E-state index in [4.69, 9.17) is 4.74 Å². The number of hydrogen-bond donors (Lipinski definition) is 0. The molecule has 1 unspecified atom stereocenters. The van der Waals surface area contributed by atoms with Crippen molar-refractivity contribution in [2.24, 2.45) is 11.8 Å². The number of esters is 1. The molecule has 11 heavy (non-hydrogen) atoms. The number of hydrogen-bond acceptors (Lipinski definition) is 3. The van der Waals surface area contributed by atoms with Crippen LogP contribution in [0.1, 0.15) is 13.3 Å². The monoisotopic (exact) mass is 158 g/mol. The number of rotatable bonds is 3. The van der Waals surface area contributed by atoms with Crippen molar-refractivity contribution in [3.63, 3.8) is 0 Å². The molecule has 0 aliphatic carbocycles. The molecule has 3 heteroatoms. The van der Waals surface area contributed by atoms with E-state index in [1.165, 1.54) is 7.11 Å². The van der Waals surface area contributed by atoms with Crippen LogP contribution in [0, 0.1) is 11.8 Å². The molecule has 1 saturated heterocycles. The molecule has 1 heterocycles. The molecular formula is C8H14O3. The van der Waals surface area contributed by atoms with E-state index < -0.39 is 0 Å². The van der Waals surface area contributed by atoms with E-state index >= 15 is 0 Å². The Bertz CT molecular complexity index is 140. The maximum atomic E-state index is 10.9. The summed E-state index contributed by atoms with van der Waals surface area (Å²) in [6.45, 7) is 3.51. The fraction of sp³-hybridized carbons (Fsp3) is 0.875. The number of methoxy groups -OCH3 is 1. The molecule has 0 radical (unpaired) electrons. The molecule has 1 aliphatic rings. The highest BCUT2D eigenvalue weighted by atomic mass is 16.5. The normalized spacial score (nSPS) is 20.5. The summed E-state index contributed by atoms with van der Waals surface area (Å²) >= 11 is 0. The lowest BCUT2D eigenvalue weighted by atomic mass is 9.95. The number of carbonyl (C=O) groups is 1. The van der Waals surface area contributed by atoms with Crippen molar-refractivity contribution in [3.05, 3.63) is 0 Å². The second kappa shape index (κ2) is 3.72. The molecule has 0 saturated carbocycles. The zero-order valence-corrected chi connectivity index (χ0v) is 7.00. The van der Waals surface area contributed by atoms with Crippen LogP contribution in [0.4, 0.5) is 0 Å². The van der Waals surface area contributed by atoms with Crippen molar-refractivity contribution in [1.29, 1.82) is 0 Å². The van der Waals surface area contributed by atoms with Gasteiger partial charge in [0.15, 0.2) is 0 Å². The van der Waals surface area contributed by atoms with Crippen molar-refractivity contribution >= 4 is 5.97 Å². The predicted octanol–water partition coefficient (Wildman–Crippen LogP) is 0.832. The van der Waals surface area contributed by atoms with Crippen LogP contribution in [0.25, 0.3) is 0 Å². The first-order chi connectivity index (χ1) is 5.24. The molecule has 0 amide bonds. The Morgan fingerprint density at radius 3 is 2.73 bits per heavy atom. The van der Waals surface area contributed by atoms with E-state index in [0.29, 0.717) is 5.92 Å². The van der Waals surface area contributed by atoms with E-state index in [9.17, 15) is 4.79 Å². The van der Waals surface area contributed by atoms with Gasteiger partial charge >= 0.3 is 5.97 Å². The van der Waals surface area contributed by atoms with Gasteiger partial charge in [0.25, 0.3) is 0 Å². The molecule has 0 bridgehead atoms. The molecular weight excluding hydrogens is 144 g/mol. The van der Waals surface area contributed by atoms with Gasteiger partial charge in [-0.1, -0.05) is 6.92 Å². The lowest BCUT2D eigenvalue weighted by Gasteiger charge is -2.27. The molecule has 0 aromatic rings. The Morgan fingerprint density at radius 1 is 1.73 bits per heavy atom. The average molecular weight is 158 g/mol. The van der Waals surface area contributed by atoms with Gasteiger partial charge in [0, 0.05) is 5.92 Å². The SMILES string of the molecule is COC(=O)C(C)CC1COC1. The number of carbonyl (C=O) groups excluding carboxylic acids is 1. The zero-order valence-electron chi connectivity index (χ0n) is 7.00. The summed E-state index contributed by atoms with van der Waals surface area (Å²) in [5.41, 5.74) is 0. The van der Waals surface area contributed by atoms with Crippen molar-refractivity contribution in [3.8, 4) is 0 Å². The second-order valence-electron chi connectivity index (χ2n) is 3.06. The number of ether oxygens (including phenoxy) is 2. The molecule has 1 aliphatic heterocycles. The van der Waals surface area contributed by atoms with Crippen LogP contribution in [0.3, 0.4) is 0 Å². The summed E-state index contributed by atoms with van der Waals surface area (Å²) in [5, 5.41) is 0. The highest BCUT2D eigenvalue weighted by Gasteiger charge is 2.24. The summed E-state index contributed by atoms with van der Waals surface area (Å²) < 4.78 is 9.60. The summed E-state index contributed by atoms with van der Waals surface area (Å²) in [6, 6.07) is 0. The van der Waals surface area contributed by atoms with Gasteiger partial charge < -0.3 is 9.47 Å². The van der Waals surface area contributed by atoms with Gasteiger partial charge in [-0.25, -0.2) is 0 Å². The fourth-order valence-electron chi connectivity index (χ4n) is 1.22. The Balaban J connectivity index is 2.18. The minimum atomic E-state index is -0.114. The van der Waals surface area contributed by atoms with E-state index in [2.05, 4.69) is 4.74 Å². The lowest BCUT2D eigenvalue weighted by molar-refractivity contribution is -0.146. The zero-order chi connectivity index (χ0) is 8.27. The minimum absolute atomic E-state index is 0.0221. The van der Waals surface area contributed by atoms with Crippen molar-refractivity contribution in [1.82, 2.24) is 0 Å². The van der Waals surface area contributed by atoms with Gasteiger partial charge in [0.1, 0.15) is 0 Å². The quantitative estimate of drug-likeness (QED) is 0.571. The fourth-order valence-corrected chi connectivity index (χ4v) is 1.22. The first kappa shape index (κ1) is 8.53. The average Bonchev–Trinajstić information content (AvgIpc) is 1.94. The van der Waals surface area contributed by atoms with Crippen LogP contribution in [0.5, 0.6) is 0 Å². The Morgan fingerprint density at radius 2 is 2.36 bits per heavy atom. The first-order valence-corrected chi connectivity index (χ1v) is 3.89.